The molecule has 0 amide bonds. The quantitative estimate of drug-likeness (QED) is 0.915. The van der Waals surface area contributed by atoms with Crippen molar-refractivity contribution in [2.75, 3.05) is 11.9 Å². The minimum atomic E-state index is 0.562. The van der Waals surface area contributed by atoms with Crippen LogP contribution in [0.3, 0.4) is 0 Å². The number of hydrogen-bond acceptors (Lipinski definition) is 5. The summed E-state index contributed by atoms with van der Waals surface area (Å²) in [7, 11) is 1.84. The average molecular weight is 261 g/mol. The summed E-state index contributed by atoms with van der Waals surface area (Å²) < 4.78 is 7.53. The van der Waals surface area contributed by atoms with E-state index in [4.69, 9.17) is 4.74 Å². The number of ether oxygens (including phenoxy) is 1. The summed E-state index contributed by atoms with van der Waals surface area (Å²) in [6.07, 6.45) is 0. The fourth-order valence-corrected chi connectivity index (χ4v) is 1.82. The zero-order chi connectivity index (χ0) is 14.0. The molecule has 0 aromatic carbocycles. The second-order valence-electron chi connectivity index (χ2n) is 4.43. The van der Waals surface area contributed by atoms with E-state index in [0.717, 1.165) is 23.6 Å². The Balaban J connectivity index is 2.37. The topological polar surface area (TPSA) is 64.9 Å². The molecule has 0 spiro atoms. The number of hydrogen-bond donors (Lipinski definition) is 1. The number of aromatic nitrogens is 4. The van der Waals surface area contributed by atoms with Crippen LogP contribution in [0.25, 0.3) is 0 Å². The van der Waals surface area contributed by atoms with E-state index in [2.05, 4.69) is 20.4 Å². The van der Waals surface area contributed by atoms with Crippen LogP contribution >= 0.6 is 0 Å². The molecule has 2 heterocycles. The third kappa shape index (κ3) is 2.83. The third-order valence-corrected chi connectivity index (χ3v) is 2.72. The standard InChI is InChI=1S/C13H19N5O/c1-6-14-12-9(3)13(16-10(4)15-12)19-11-7-8(2)17-18(11)5/h7H,6H2,1-5H3,(H,14,15,16). The van der Waals surface area contributed by atoms with E-state index in [1.807, 2.05) is 40.8 Å². The summed E-state index contributed by atoms with van der Waals surface area (Å²) in [6, 6.07) is 1.88. The lowest BCUT2D eigenvalue weighted by Gasteiger charge is -2.12. The Bertz CT molecular complexity index is 591. The third-order valence-electron chi connectivity index (χ3n) is 2.72. The molecule has 0 atom stereocenters. The Labute approximate surface area is 112 Å². The van der Waals surface area contributed by atoms with Gasteiger partial charge in [0, 0.05) is 19.7 Å². The van der Waals surface area contributed by atoms with Crippen molar-refractivity contribution >= 4 is 5.82 Å². The maximum atomic E-state index is 5.84. The van der Waals surface area contributed by atoms with Gasteiger partial charge in [0.05, 0.1) is 11.3 Å². The molecule has 19 heavy (non-hydrogen) atoms. The second-order valence-corrected chi connectivity index (χ2v) is 4.43. The van der Waals surface area contributed by atoms with Crippen molar-refractivity contribution in [2.45, 2.75) is 27.7 Å². The van der Waals surface area contributed by atoms with Crippen LogP contribution in [-0.4, -0.2) is 26.3 Å². The second kappa shape index (κ2) is 5.26. The van der Waals surface area contributed by atoms with Crippen molar-refractivity contribution in [3.8, 4) is 11.8 Å². The highest BCUT2D eigenvalue weighted by Gasteiger charge is 2.13. The number of anilines is 1. The first kappa shape index (κ1) is 13.3. The normalized spacial score (nSPS) is 10.6. The predicted molar refractivity (Wildman–Crippen MR) is 73.7 cm³/mol. The summed E-state index contributed by atoms with van der Waals surface area (Å²) in [5, 5.41) is 7.46. The summed E-state index contributed by atoms with van der Waals surface area (Å²) in [4.78, 5) is 8.71. The van der Waals surface area contributed by atoms with Crippen molar-refractivity contribution in [2.24, 2.45) is 7.05 Å². The van der Waals surface area contributed by atoms with E-state index in [-0.39, 0.29) is 0 Å². The fourth-order valence-electron chi connectivity index (χ4n) is 1.82. The molecule has 6 heteroatoms. The first-order valence-corrected chi connectivity index (χ1v) is 6.29. The van der Waals surface area contributed by atoms with E-state index >= 15 is 0 Å². The lowest BCUT2D eigenvalue weighted by atomic mass is 10.3. The van der Waals surface area contributed by atoms with Gasteiger partial charge in [-0.1, -0.05) is 0 Å². The Kier molecular flexibility index (Phi) is 3.69. The Hall–Kier alpha value is -2.11. The highest BCUT2D eigenvalue weighted by molar-refractivity contribution is 5.49. The lowest BCUT2D eigenvalue weighted by Crippen LogP contribution is -2.07. The lowest BCUT2D eigenvalue weighted by molar-refractivity contribution is 0.410. The maximum absolute atomic E-state index is 5.84. The van der Waals surface area contributed by atoms with Gasteiger partial charge in [0.1, 0.15) is 11.6 Å². The van der Waals surface area contributed by atoms with E-state index < -0.39 is 0 Å². The van der Waals surface area contributed by atoms with Gasteiger partial charge < -0.3 is 10.1 Å². The van der Waals surface area contributed by atoms with E-state index in [1.165, 1.54) is 0 Å². The predicted octanol–water partition coefficient (Wildman–Crippen LogP) is 2.36. The van der Waals surface area contributed by atoms with E-state index in [9.17, 15) is 0 Å². The molecule has 0 aliphatic rings. The minimum Gasteiger partial charge on any atom is -0.420 e. The zero-order valence-electron chi connectivity index (χ0n) is 12.0. The van der Waals surface area contributed by atoms with Gasteiger partial charge in [0.25, 0.3) is 0 Å². The molecule has 2 aromatic heterocycles. The molecule has 0 unspecified atom stereocenters. The minimum absolute atomic E-state index is 0.562. The van der Waals surface area contributed by atoms with Gasteiger partial charge in [0.2, 0.25) is 11.8 Å². The fraction of sp³-hybridized carbons (Fsp3) is 0.462. The summed E-state index contributed by atoms with van der Waals surface area (Å²) in [5.74, 6) is 2.71. The molecule has 1 N–H and O–H groups in total. The summed E-state index contributed by atoms with van der Waals surface area (Å²) in [6.45, 7) is 8.55. The van der Waals surface area contributed by atoms with Crippen LogP contribution in [0.1, 0.15) is 24.0 Å². The van der Waals surface area contributed by atoms with Crippen molar-refractivity contribution in [1.82, 2.24) is 19.7 Å². The Morgan fingerprint density at radius 3 is 2.58 bits per heavy atom. The molecule has 0 radical (unpaired) electrons. The molecular weight excluding hydrogens is 242 g/mol. The number of aryl methyl sites for hydroxylation is 3. The van der Waals surface area contributed by atoms with Crippen LogP contribution < -0.4 is 10.1 Å². The molecule has 0 fully saturated rings. The van der Waals surface area contributed by atoms with Crippen LogP contribution in [-0.2, 0) is 7.05 Å². The largest absolute Gasteiger partial charge is 0.420 e. The smallest absolute Gasteiger partial charge is 0.229 e. The van der Waals surface area contributed by atoms with Gasteiger partial charge in [-0.3, -0.25) is 0 Å². The van der Waals surface area contributed by atoms with Gasteiger partial charge >= 0.3 is 0 Å². The average Bonchev–Trinajstić information content (AvgIpc) is 2.64. The Morgan fingerprint density at radius 2 is 2.00 bits per heavy atom. The van der Waals surface area contributed by atoms with Gasteiger partial charge in [-0.25, -0.2) is 9.67 Å². The monoisotopic (exact) mass is 261 g/mol. The van der Waals surface area contributed by atoms with Crippen molar-refractivity contribution in [3.05, 3.63) is 23.1 Å². The summed E-state index contributed by atoms with van der Waals surface area (Å²) in [5.41, 5.74) is 1.80. The maximum Gasteiger partial charge on any atom is 0.229 e. The SMILES string of the molecule is CCNc1nc(C)nc(Oc2cc(C)nn2C)c1C. The Morgan fingerprint density at radius 1 is 1.26 bits per heavy atom. The van der Waals surface area contributed by atoms with Gasteiger partial charge in [0.15, 0.2) is 0 Å². The molecule has 0 saturated heterocycles. The van der Waals surface area contributed by atoms with Crippen molar-refractivity contribution < 1.29 is 4.74 Å². The first-order valence-electron chi connectivity index (χ1n) is 6.29. The number of rotatable bonds is 4. The molecule has 102 valence electrons. The number of nitrogens with one attached hydrogen (secondary N) is 1. The van der Waals surface area contributed by atoms with Crippen molar-refractivity contribution in [3.63, 3.8) is 0 Å². The molecule has 6 nitrogen and oxygen atoms in total. The van der Waals surface area contributed by atoms with Gasteiger partial charge in [-0.2, -0.15) is 10.1 Å². The van der Waals surface area contributed by atoms with Crippen molar-refractivity contribution in [1.29, 1.82) is 0 Å². The van der Waals surface area contributed by atoms with E-state index in [1.54, 1.807) is 4.68 Å². The number of nitrogens with zero attached hydrogens (tertiary/aromatic N) is 4. The van der Waals surface area contributed by atoms with Crippen LogP contribution in [0, 0.1) is 20.8 Å². The highest BCUT2D eigenvalue weighted by atomic mass is 16.5. The molecule has 2 rings (SSSR count). The molecule has 0 bridgehead atoms. The zero-order valence-corrected chi connectivity index (χ0v) is 12.0. The van der Waals surface area contributed by atoms with Crippen LogP contribution in [0.2, 0.25) is 0 Å². The molecule has 2 aromatic rings. The van der Waals surface area contributed by atoms with Crippen LogP contribution in [0.4, 0.5) is 5.82 Å². The van der Waals surface area contributed by atoms with Crippen LogP contribution in [0.15, 0.2) is 6.07 Å². The molecule has 0 aliphatic carbocycles. The molecule has 0 saturated carbocycles. The van der Waals surface area contributed by atoms with E-state index in [0.29, 0.717) is 17.6 Å². The van der Waals surface area contributed by atoms with Gasteiger partial charge in [-0.15, -0.1) is 0 Å². The molecular formula is C13H19N5O. The van der Waals surface area contributed by atoms with Gasteiger partial charge in [-0.05, 0) is 27.7 Å². The summed E-state index contributed by atoms with van der Waals surface area (Å²) >= 11 is 0. The first-order chi connectivity index (χ1) is 9.01. The molecule has 0 aliphatic heterocycles. The van der Waals surface area contributed by atoms with Crippen LogP contribution in [0.5, 0.6) is 11.8 Å². The highest BCUT2D eigenvalue weighted by Crippen LogP contribution is 2.27.